The fraction of sp³-hybridized carbons (Fsp3) is 1.00. The number of piperidine rings is 1. The zero-order valence-electron chi connectivity index (χ0n) is 14.2. The topological polar surface area (TPSA) is 35.5 Å². The Kier molecular flexibility index (Phi) is 6.97. The Hall–Kier alpha value is -0.120. The summed E-state index contributed by atoms with van der Waals surface area (Å²) in [5, 5.41) is 14.4. The van der Waals surface area contributed by atoms with E-state index in [-0.39, 0.29) is 0 Å². The number of hydrogen-bond acceptors (Lipinski definition) is 3. The van der Waals surface area contributed by atoms with Gasteiger partial charge in [0.15, 0.2) is 0 Å². The Balaban J connectivity index is 1.69. The number of nitrogens with one attached hydrogen (secondary N) is 1. The predicted molar refractivity (Wildman–Crippen MR) is 89.6 cm³/mol. The van der Waals surface area contributed by atoms with Gasteiger partial charge >= 0.3 is 0 Å². The standard InChI is InChI=1S/C18H36N2O/c1-3-11-18(21,12-4-2)15-19-16-9-13-20(14-10-16)17-7-5-6-8-17/h16-17,19,21H,3-15H2,1-2H3. The van der Waals surface area contributed by atoms with Crippen molar-refractivity contribution < 1.29 is 5.11 Å². The minimum absolute atomic E-state index is 0.480. The number of likely N-dealkylation sites (tertiary alicyclic amines) is 1. The maximum Gasteiger partial charge on any atom is 0.0771 e. The molecule has 0 amide bonds. The van der Waals surface area contributed by atoms with E-state index in [1.165, 1.54) is 51.6 Å². The van der Waals surface area contributed by atoms with E-state index >= 15 is 0 Å². The molecular formula is C18H36N2O. The molecule has 1 heterocycles. The largest absolute Gasteiger partial charge is 0.389 e. The first-order valence-electron chi connectivity index (χ1n) is 9.36. The number of nitrogens with zero attached hydrogens (tertiary/aromatic N) is 1. The summed E-state index contributed by atoms with van der Waals surface area (Å²) in [5.74, 6) is 0. The summed E-state index contributed by atoms with van der Waals surface area (Å²) in [6.07, 6.45) is 12.2. The molecule has 124 valence electrons. The van der Waals surface area contributed by atoms with E-state index < -0.39 is 5.60 Å². The Labute approximate surface area is 131 Å². The Morgan fingerprint density at radius 2 is 1.57 bits per heavy atom. The van der Waals surface area contributed by atoms with Crippen molar-refractivity contribution in [1.82, 2.24) is 10.2 Å². The van der Waals surface area contributed by atoms with E-state index in [1.54, 1.807) is 0 Å². The molecule has 21 heavy (non-hydrogen) atoms. The van der Waals surface area contributed by atoms with Crippen molar-refractivity contribution in [3.8, 4) is 0 Å². The van der Waals surface area contributed by atoms with Crippen molar-refractivity contribution >= 4 is 0 Å². The summed E-state index contributed by atoms with van der Waals surface area (Å²) in [6, 6.07) is 1.49. The highest BCUT2D eigenvalue weighted by molar-refractivity contribution is 4.87. The van der Waals surface area contributed by atoms with Crippen molar-refractivity contribution in [2.75, 3.05) is 19.6 Å². The molecule has 2 aliphatic rings. The average Bonchev–Trinajstić information content (AvgIpc) is 3.01. The molecule has 1 saturated carbocycles. The molecule has 1 saturated heterocycles. The predicted octanol–water partition coefficient (Wildman–Crippen LogP) is 3.31. The highest BCUT2D eigenvalue weighted by atomic mass is 16.3. The van der Waals surface area contributed by atoms with Crippen LogP contribution in [0.4, 0.5) is 0 Å². The van der Waals surface area contributed by atoms with E-state index in [0.717, 1.165) is 38.3 Å². The van der Waals surface area contributed by atoms with Crippen LogP contribution in [0.1, 0.15) is 78.1 Å². The second-order valence-electron chi connectivity index (χ2n) is 7.35. The molecular weight excluding hydrogens is 260 g/mol. The van der Waals surface area contributed by atoms with Crippen molar-refractivity contribution in [3.05, 3.63) is 0 Å². The molecule has 2 N–H and O–H groups in total. The molecule has 2 fully saturated rings. The zero-order valence-corrected chi connectivity index (χ0v) is 14.2. The molecule has 0 atom stereocenters. The van der Waals surface area contributed by atoms with Gasteiger partial charge in [0.05, 0.1) is 5.60 Å². The van der Waals surface area contributed by atoms with Gasteiger partial charge in [-0.25, -0.2) is 0 Å². The van der Waals surface area contributed by atoms with Crippen LogP contribution in [0.2, 0.25) is 0 Å². The van der Waals surface area contributed by atoms with Gasteiger partial charge in [0.2, 0.25) is 0 Å². The lowest BCUT2D eigenvalue weighted by Gasteiger charge is -2.38. The minimum atomic E-state index is -0.480. The first-order valence-corrected chi connectivity index (χ1v) is 9.36. The highest BCUT2D eigenvalue weighted by Gasteiger charge is 2.29. The molecule has 2 rings (SSSR count). The summed E-state index contributed by atoms with van der Waals surface area (Å²) in [4.78, 5) is 2.72. The van der Waals surface area contributed by atoms with E-state index in [9.17, 15) is 5.11 Å². The summed E-state index contributed by atoms with van der Waals surface area (Å²) in [6.45, 7) is 7.62. The molecule has 0 aromatic rings. The third kappa shape index (κ3) is 5.22. The third-order valence-electron chi connectivity index (χ3n) is 5.52. The smallest absolute Gasteiger partial charge is 0.0771 e. The van der Waals surface area contributed by atoms with Gasteiger partial charge in [0, 0.05) is 18.6 Å². The van der Waals surface area contributed by atoms with Gasteiger partial charge in [0.1, 0.15) is 0 Å². The van der Waals surface area contributed by atoms with Gasteiger partial charge < -0.3 is 15.3 Å². The average molecular weight is 296 g/mol. The lowest BCUT2D eigenvalue weighted by Crippen LogP contribution is -2.50. The van der Waals surface area contributed by atoms with Gasteiger partial charge in [-0.3, -0.25) is 0 Å². The summed E-state index contributed by atoms with van der Waals surface area (Å²) >= 11 is 0. The van der Waals surface area contributed by atoms with Crippen LogP contribution < -0.4 is 5.32 Å². The Bertz CT molecular complexity index is 275. The molecule has 0 bridgehead atoms. The summed E-state index contributed by atoms with van der Waals surface area (Å²) < 4.78 is 0. The van der Waals surface area contributed by atoms with Gasteiger partial charge in [-0.2, -0.15) is 0 Å². The molecule has 0 spiro atoms. The molecule has 1 aliphatic heterocycles. The maximum absolute atomic E-state index is 10.7. The Morgan fingerprint density at radius 3 is 2.10 bits per heavy atom. The van der Waals surface area contributed by atoms with Crippen molar-refractivity contribution in [3.63, 3.8) is 0 Å². The van der Waals surface area contributed by atoms with Gasteiger partial charge in [-0.15, -0.1) is 0 Å². The SMILES string of the molecule is CCCC(O)(CCC)CNC1CCN(C2CCCC2)CC1. The molecule has 1 aliphatic carbocycles. The quantitative estimate of drug-likeness (QED) is 0.721. The second kappa shape index (κ2) is 8.50. The number of hydrogen-bond donors (Lipinski definition) is 2. The van der Waals surface area contributed by atoms with Crippen molar-refractivity contribution in [2.24, 2.45) is 0 Å². The van der Waals surface area contributed by atoms with Crippen molar-refractivity contribution in [1.29, 1.82) is 0 Å². The fourth-order valence-corrected chi connectivity index (χ4v) is 4.30. The first-order chi connectivity index (χ1) is 10.2. The monoisotopic (exact) mass is 296 g/mol. The summed E-state index contributed by atoms with van der Waals surface area (Å²) in [7, 11) is 0. The molecule has 3 nitrogen and oxygen atoms in total. The molecule has 0 aromatic heterocycles. The zero-order chi connectivity index (χ0) is 15.1. The lowest BCUT2D eigenvalue weighted by molar-refractivity contribution is 0.0161. The van der Waals surface area contributed by atoms with E-state index in [4.69, 9.17) is 0 Å². The van der Waals surface area contributed by atoms with Gasteiger partial charge in [-0.1, -0.05) is 39.5 Å². The molecule has 0 unspecified atom stereocenters. The minimum Gasteiger partial charge on any atom is -0.389 e. The van der Waals surface area contributed by atoms with Crippen LogP contribution in [0.25, 0.3) is 0 Å². The number of aliphatic hydroxyl groups is 1. The van der Waals surface area contributed by atoms with Gasteiger partial charge in [0.25, 0.3) is 0 Å². The molecule has 3 heteroatoms. The van der Waals surface area contributed by atoms with Crippen LogP contribution in [0.3, 0.4) is 0 Å². The summed E-state index contributed by atoms with van der Waals surface area (Å²) in [5.41, 5.74) is -0.480. The lowest BCUT2D eigenvalue weighted by atomic mass is 9.91. The van der Waals surface area contributed by atoms with Crippen LogP contribution in [-0.4, -0.2) is 47.3 Å². The fourth-order valence-electron chi connectivity index (χ4n) is 4.30. The van der Waals surface area contributed by atoms with Crippen molar-refractivity contribution in [2.45, 2.75) is 95.7 Å². The second-order valence-corrected chi connectivity index (χ2v) is 7.35. The van der Waals surface area contributed by atoms with E-state index in [0.29, 0.717) is 6.04 Å². The van der Waals surface area contributed by atoms with Crippen LogP contribution in [0.5, 0.6) is 0 Å². The van der Waals surface area contributed by atoms with E-state index in [1.807, 2.05) is 0 Å². The molecule has 0 aromatic carbocycles. The third-order valence-corrected chi connectivity index (χ3v) is 5.52. The highest BCUT2D eigenvalue weighted by Crippen LogP contribution is 2.26. The van der Waals surface area contributed by atoms with E-state index in [2.05, 4.69) is 24.1 Å². The number of rotatable bonds is 8. The van der Waals surface area contributed by atoms with Crippen LogP contribution >= 0.6 is 0 Å². The maximum atomic E-state index is 10.7. The molecule has 0 radical (unpaired) electrons. The first kappa shape index (κ1) is 17.2. The Morgan fingerprint density at radius 1 is 1.00 bits per heavy atom. The van der Waals surface area contributed by atoms with Crippen LogP contribution in [0.15, 0.2) is 0 Å². The normalized spacial score (nSPS) is 23.0. The van der Waals surface area contributed by atoms with Gasteiger partial charge in [-0.05, 0) is 51.6 Å². The van der Waals surface area contributed by atoms with Crippen LogP contribution in [0, 0.1) is 0 Å². The van der Waals surface area contributed by atoms with Crippen LogP contribution in [-0.2, 0) is 0 Å².